The molecule has 0 saturated heterocycles. The Morgan fingerprint density at radius 1 is 0.583 bits per heavy atom. The van der Waals surface area contributed by atoms with E-state index in [1.807, 2.05) is 12.1 Å². The number of thioether (sulfide) groups is 2. The molecule has 26 nitrogen and oxygen atoms in total. The average molecular weight is 1280 g/mol. The Morgan fingerprint density at radius 3 is 1.58 bits per heavy atom. The largest absolute Gasteiger partial charge is 0.493 e. The summed E-state index contributed by atoms with van der Waals surface area (Å²) in [6, 6.07) is 20.7. The summed E-state index contributed by atoms with van der Waals surface area (Å²) < 4.78 is 139. The zero-order chi connectivity index (χ0) is 61.5. The van der Waals surface area contributed by atoms with E-state index in [4.69, 9.17) is 16.3 Å². The van der Waals surface area contributed by atoms with Crippen LogP contribution in [-0.4, -0.2) is 102 Å². The molecule has 0 radical (unpaired) electrons. The molecule has 0 aliphatic carbocycles. The molecule has 0 unspecified atom stereocenters. The first kappa shape index (κ1) is 64.2. The average Bonchev–Trinajstić information content (AvgIpc) is 1.65. The molecule has 0 spiro atoms. The van der Waals surface area contributed by atoms with Crippen LogP contribution in [0.5, 0.6) is 11.6 Å². The summed E-state index contributed by atoms with van der Waals surface area (Å²) in [6.07, 6.45) is -0.0569. The monoisotopic (exact) mass is 1280 g/mol. The predicted octanol–water partition coefficient (Wildman–Crippen LogP) is 13.4. The normalized spacial score (nSPS) is 12.7. The molecule has 5 aromatic carbocycles. The van der Waals surface area contributed by atoms with E-state index in [2.05, 4.69) is 45.9 Å². The van der Waals surface area contributed by atoms with Crippen molar-refractivity contribution in [2.24, 2.45) is 40.9 Å². The molecule has 0 fully saturated rings. The second kappa shape index (κ2) is 26.7. The van der Waals surface area contributed by atoms with E-state index in [0.717, 1.165) is 10.5 Å². The van der Waals surface area contributed by atoms with Crippen LogP contribution in [0.4, 0.5) is 45.5 Å². The van der Waals surface area contributed by atoms with Gasteiger partial charge in [0.2, 0.25) is 5.88 Å². The molecule has 5 N–H and O–H groups in total. The Labute approximate surface area is 495 Å². The van der Waals surface area contributed by atoms with Crippen molar-refractivity contribution in [3.8, 4) is 23.8 Å². The smallest absolute Gasteiger partial charge is 0.296 e. The maximum Gasteiger partial charge on any atom is 0.296 e. The number of nitrogens with zero attached hydrogens (tertiary/aromatic N) is 12. The molecule has 0 amide bonds. The molecule has 2 heterocycles. The van der Waals surface area contributed by atoms with Gasteiger partial charge in [0.1, 0.15) is 45.2 Å². The van der Waals surface area contributed by atoms with Crippen LogP contribution >= 0.6 is 35.1 Å². The van der Waals surface area contributed by atoms with Crippen molar-refractivity contribution in [1.29, 1.82) is 10.5 Å². The minimum absolute atomic E-state index is 0.0118. The SMILES string of the molecule is Cc1cc(N=Nc2cc(SCCCS(=O)(=O)O)c(N=Nc3cc(OCCCS(=O)(=O)O)c(N=Nc4c(C)c(C#N)c5nc6c(S(=O)(=O)O)ccc(C)c6n5c4O)cc3C)cc2C)c(SCCCS(=O)(=O)O)cc1N=Nc1ccc(Cl)cc1C#N. The molecular weight excluding hydrogens is 1230 g/mol. The maximum absolute atomic E-state index is 12.3. The fourth-order valence-electron chi connectivity index (χ4n) is 7.98. The third-order valence-electron chi connectivity index (χ3n) is 12.1. The Hall–Kier alpha value is -7.34. The van der Waals surface area contributed by atoms with Crippen molar-refractivity contribution in [3.05, 3.63) is 111 Å². The third-order valence-corrected chi connectivity index (χ3v) is 17.9. The van der Waals surface area contributed by atoms with Crippen molar-refractivity contribution < 1.29 is 61.7 Å². The standard InChI is InChI=1S/C51H49ClN12O14S6/c1-28-9-12-46(84(75,76)77)48-49(28)64-50(55-48)35(27-54)32(5)47(51(64)65)63-60-40-19-29(2)37(23-43(40)78-13-6-16-81(66,67)68)57-61-41-21-31(4)39(25-45(41)80-15-8-18-83(72,73)74)59-62-42-20-30(3)38(24-44(42)79-14-7-17-82(69,70)71)58-56-36-11-10-34(52)22-33(36)26-53/h9-12,19-25,65H,6-8,13-18H2,1-5H3,(H,66,67,68)(H,69,70,71)(H,72,73,74)(H,75,76,77). The van der Waals surface area contributed by atoms with Crippen LogP contribution in [0.3, 0.4) is 0 Å². The number of rotatable bonds is 24. The quantitative estimate of drug-likeness (QED) is 0.0162. The number of benzene rings is 5. The molecule has 7 aromatic rings. The molecule has 2 aromatic heterocycles. The number of azo groups is 4. The van der Waals surface area contributed by atoms with Crippen molar-refractivity contribution in [3.63, 3.8) is 0 Å². The lowest BCUT2D eigenvalue weighted by Gasteiger charge is -2.12. The molecule has 84 heavy (non-hydrogen) atoms. The summed E-state index contributed by atoms with van der Waals surface area (Å²) in [6.45, 7) is 7.89. The molecule has 0 aliphatic rings. The summed E-state index contributed by atoms with van der Waals surface area (Å²) in [7, 11) is -17.7. The van der Waals surface area contributed by atoms with E-state index in [9.17, 15) is 67.5 Å². The topological polar surface area (TPSA) is 411 Å². The van der Waals surface area contributed by atoms with Crippen LogP contribution in [0, 0.1) is 57.3 Å². The maximum atomic E-state index is 12.3. The van der Waals surface area contributed by atoms with Gasteiger partial charge in [0, 0.05) is 26.4 Å². The number of aromatic hydroxyl groups is 1. The molecule has 0 bridgehead atoms. The van der Waals surface area contributed by atoms with Crippen LogP contribution < -0.4 is 4.74 Å². The van der Waals surface area contributed by atoms with Gasteiger partial charge in [-0.15, -0.1) is 49.1 Å². The number of halogens is 1. The van der Waals surface area contributed by atoms with Gasteiger partial charge in [-0.1, -0.05) is 17.7 Å². The zero-order valence-electron chi connectivity index (χ0n) is 44.8. The molecule has 440 valence electrons. The lowest BCUT2D eigenvalue weighted by atomic mass is 10.1. The van der Waals surface area contributed by atoms with E-state index in [0.29, 0.717) is 54.1 Å². The first-order chi connectivity index (χ1) is 39.4. The Bertz CT molecular complexity index is 4470. The highest BCUT2D eigenvalue weighted by Gasteiger charge is 2.26. The number of aromatic nitrogens is 2. The first-order valence-corrected chi connectivity index (χ1v) is 33.2. The highest BCUT2D eigenvalue weighted by molar-refractivity contribution is 7.99. The summed E-state index contributed by atoms with van der Waals surface area (Å²) in [4.78, 5) is 4.72. The second-order valence-electron chi connectivity index (χ2n) is 18.5. The number of nitriles is 2. The lowest BCUT2D eigenvalue weighted by molar-refractivity contribution is 0.317. The van der Waals surface area contributed by atoms with E-state index >= 15 is 0 Å². The number of ether oxygens (including phenoxy) is 1. The van der Waals surface area contributed by atoms with E-state index in [1.165, 1.54) is 54.7 Å². The van der Waals surface area contributed by atoms with Gasteiger partial charge in [-0.2, -0.15) is 59.5 Å². The zero-order valence-corrected chi connectivity index (χ0v) is 50.5. The number of hydrogen-bond acceptors (Lipinski definition) is 23. The summed E-state index contributed by atoms with van der Waals surface area (Å²) in [5.74, 6) is -1.89. The van der Waals surface area contributed by atoms with Crippen molar-refractivity contribution in [2.45, 2.75) is 68.6 Å². The van der Waals surface area contributed by atoms with Gasteiger partial charge in [-0.25, -0.2) is 4.98 Å². The van der Waals surface area contributed by atoms with E-state index < -0.39 is 68.5 Å². The van der Waals surface area contributed by atoms with Crippen LogP contribution in [0.2, 0.25) is 5.02 Å². The Kier molecular flexibility index (Phi) is 20.4. The van der Waals surface area contributed by atoms with E-state index in [-0.39, 0.29) is 105 Å². The Balaban J connectivity index is 1.27. The third kappa shape index (κ3) is 16.5. The summed E-state index contributed by atoms with van der Waals surface area (Å²) >= 11 is 8.46. The highest BCUT2D eigenvalue weighted by Crippen LogP contribution is 2.44. The number of imidazole rings is 1. The first-order valence-electron chi connectivity index (χ1n) is 24.5. The number of aryl methyl sites for hydroxylation is 4. The molecule has 33 heteroatoms. The highest BCUT2D eigenvalue weighted by atomic mass is 35.5. The van der Waals surface area contributed by atoms with E-state index in [1.54, 1.807) is 64.1 Å². The van der Waals surface area contributed by atoms with Crippen molar-refractivity contribution in [1.82, 2.24) is 9.38 Å². The van der Waals surface area contributed by atoms with Gasteiger partial charge >= 0.3 is 0 Å². The fraction of sp³-hybridized carbons (Fsp3) is 0.275. The van der Waals surface area contributed by atoms with Crippen LogP contribution in [0.1, 0.15) is 58.2 Å². The summed E-state index contributed by atoms with van der Waals surface area (Å²) in [5, 5.41) is 67.5. The predicted molar refractivity (Wildman–Crippen MR) is 315 cm³/mol. The van der Waals surface area contributed by atoms with Gasteiger partial charge < -0.3 is 9.84 Å². The van der Waals surface area contributed by atoms with Crippen molar-refractivity contribution in [2.75, 3.05) is 35.4 Å². The van der Waals surface area contributed by atoms with Crippen LogP contribution in [0.15, 0.2) is 122 Å². The molecule has 0 saturated carbocycles. The van der Waals surface area contributed by atoms with Gasteiger partial charge in [0.25, 0.3) is 40.5 Å². The van der Waals surface area contributed by atoms with Crippen molar-refractivity contribution >= 4 is 138 Å². The lowest BCUT2D eigenvalue weighted by Crippen LogP contribution is -2.08. The fourth-order valence-corrected chi connectivity index (χ4v) is 12.6. The number of hydrogen-bond donors (Lipinski definition) is 5. The van der Waals surface area contributed by atoms with Crippen LogP contribution in [-0.2, 0) is 40.5 Å². The molecular formula is C51H49ClN12O14S6. The summed E-state index contributed by atoms with van der Waals surface area (Å²) in [5.41, 5.74) is 3.47. The number of pyridine rings is 1. The van der Waals surface area contributed by atoms with Gasteiger partial charge in [0.15, 0.2) is 11.3 Å². The second-order valence-corrected chi connectivity index (χ2v) is 27.3. The molecule has 0 aliphatic heterocycles. The van der Waals surface area contributed by atoms with Gasteiger partial charge in [-0.3, -0.25) is 22.6 Å². The Morgan fingerprint density at radius 2 is 1.07 bits per heavy atom. The van der Waals surface area contributed by atoms with Crippen LogP contribution in [0.25, 0.3) is 16.7 Å². The minimum Gasteiger partial charge on any atom is -0.493 e. The van der Waals surface area contributed by atoms with Gasteiger partial charge in [-0.05, 0) is 142 Å². The molecule has 0 atom stereocenters. The minimum atomic E-state index is -4.81. The van der Waals surface area contributed by atoms with Gasteiger partial charge in [0.05, 0.1) is 63.4 Å². The molecule has 7 rings (SSSR count). The number of fused-ring (bicyclic) bond motifs is 3.